The lowest BCUT2D eigenvalue weighted by Gasteiger charge is -2.09. The number of rotatable bonds is 2. The van der Waals surface area contributed by atoms with Gasteiger partial charge in [-0.25, -0.2) is 0 Å². The summed E-state index contributed by atoms with van der Waals surface area (Å²) in [6, 6.07) is 13.9. The van der Waals surface area contributed by atoms with Crippen LogP contribution in [0.1, 0.15) is 33.1 Å². The molecule has 0 aliphatic heterocycles. The third-order valence-corrected chi connectivity index (χ3v) is 5.51. The first-order chi connectivity index (χ1) is 10.7. The van der Waals surface area contributed by atoms with Gasteiger partial charge in [-0.1, -0.05) is 23.7 Å². The molecule has 0 radical (unpaired) electrons. The summed E-state index contributed by atoms with van der Waals surface area (Å²) in [6.45, 7) is 0. The topological polar surface area (TPSA) is 30.0 Å². The van der Waals surface area contributed by atoms with E-state index in [0.29, 0.717) is 6.42 Å². The lowest BCUT2D eigenvalue weighted by Crippen LogP contribution is -1.96. The standard InChI is InChI=1S/C18H12ClNOS/c19-13-3-1-11(2-4-13)14-9-16(21)18-15(14)10-17(22-18)12-5-7-20-8-6-12/h1-8,10,14H,9H2. The van der Waals surface area contributed by atoms with Crippen molar-refractivity contribution in [1.82, 2.24) is 4.98 Å². The summed E-state index contributed by atoms with van der Waals surface area (Å²) >= 11 is 7.54. The Morgan fingerprint density at radius 1 is 1.09 bits per heavy atom. The fourth-order valence-corrected chi connectivity index (χ4v) is 4.22. The Bertz CT molecular complexity index is 839. The number of halogens is 1. The van der Waals surface area contributed by atoms with E-state index in [9.17, 15) is 4.79 Å². The van der Waals surface area contributed by atoms with E-state index in [-0.39, 0.29) is 11.7 Å². The van der Waals surface area contributed by atoms with Crippen molar-refractivity contribution < 1.29 is 4.79 Å². The summed E-state index contributed by atoms with van der Waals surface area (Å²) in [5.41, 5.74) is 3.40. The second-order valence-electron chi connectivity index (χ2n) is 5.36. The number of hydrogen-bond acceptors (Lipinski definition) is 3. The minimum absolute atomic E-state index is 0.145. The molecular weight excluding hydrogens is 314 g/mol. The average molecular weight is 326 g/mol. The summed E-state index contributed by atoms with van der Waals surface area (Å²) in [5, 5.41) is 0.719. The third-order valence-electron chi connectivity index (χ3n) is 4.02. The van der Waals surface area contributed by atoms with Crippen LogP contribution in [0.25, 0.3) is 10.4 Å². The van der Waals surface area contributed by atoms with E-state index in [2.05, 4.69) is 11.1 Å². The molecule has 2 heterocycles. The molecule has 0 N–H and O–H groups in total. The van der Waals surface area contributed by atoms with Gasteiger partial charge in [-0.3, -0.25) is 9.78 Å². The van der Waals surface area contributed by atoms with E-state index in [1.54, 1.807) is 23.7 Å². The van der Waals surface area contributed by atoms with Crippen LogP contribution in [0.4, 0.5) is 0 Å². The molecule has 3 aromatic rings. The molecule has 22 heavy (non-hydrogen) atoms. The lowest BCUT2D eigenvalue weighted by molar-refractivity contribution is 0.0994. The molecule has 4 rings (SSSR count). The number of aromatic nitrogens is 1. The first-order valence-corrected chi connectivity index (χ1v) is 8.24. The van der Waals surface area contributed by atoms with Crippen molar-refractivity contribution >= 4 is 28.7 Å². The Hall–Kier alpha value is -1.97. The Labute approximate surface area is 137 Å². The van der Waals surface area contributed by atoms with Crippen molar-refractivity contribution in [2.24, 2.45) is 0 Å². The fraction of sp³-hybridized carbons (Fsp3) is 0.111. The van der Waals surface area contributed by atoms with Gasteiger partial charge < -0.3 is 0 Å². The molecule has 1 atom stereocenters. The van der Waals surface area contributed by atoms with E-state index in [1.165, 1.54) is 0 Å². The molecule has 0 fully saturated rings. The largest absolute Gasteiger partial charge is 0.293 e. The molecule has 108 valence electrons. The Morgan fingerprint density at radius 2 is 1.82 bits per heavy atom. The molecule has 0 saturated carbocycles. The molecule has 0 saturated heterocycles. The number of pyridine rings is 1. The van der Waals surface area contributed by atoms with Crippen LogP contribution in [-0.2, 0) is 0 Å². The van der Waals surface area contributed by atoms with Crippen molar-refractivity contribution in [3.63, 3.8) is 0 Å². The highest BCUT2D eigenvalue weighted by Crippen LogP contribution is 2.45. The van der Waals surface area contributed by atoms with Gasteiger partial charge in [-0.05, 0) is 47.0 Å². The number of carbonyl (C=O) groups is 1. The Kier molecular flexibility index (Phi) is 3.32. The van der Waals surface area contributed by atoms with Gasteiger partial charge in [0.15, 0.2) is 5.78 Å². The van der Waals surface area contributed by atoms with Gasteiger partial charge in [0.05, 0.1) is 4.88 Å². The molecule has 1 unspecified atom stereocenters. The van der Waals surface area contributed by atoms with E-state index < -0.39 is 0 Å². The van der Waals surface area contributed by atoms with Gasteiger partial charge >= 0.3 is 0 Å². The molecule has 1 aromatic carbocycles. The molecule has 2 aromatic heterocycles. The molecule has 1 aliphatic rings. The highest BCUT2D eigenvalue weighted by Gasteiger charge is 2.33. The van der Waals surface area contributed by atoms with Crippen molar-refractivity contribution in [3.05, 3.63) is 75.9 Å². The molecule has 0 spiro atoms. The summed E-state index contributed by atoms with van der Waals surface area (Å²) in [4.78, 5) is 18.4. The van der Waals surface area contributed by atoms with E-state index >= 15 is 0 Å². The number of benzene rings is 1. The van der Waals surface area contributed by atoms with Crippen LogP contribution < -0.4 is 0 Å². The van der Waals surface area contributed by atoms with Crippen molar-refractivity contribution in [2.45, 2.75) is 12.3 Å². The number of hydrogen-bond donors (Lipinski definition) is 0. The molecule has 0 bridgehead atoms. The van der Waals surface area contributed by atoms with Crippen molar-refractivity contribution in [1.29, 1.82) is 0 Å². The number of Topliss-reactive ketones (excluding diaryl/α,β-unsaturated/α-hetero) is 1. The van der Waals surface area contributed by atoms with Crippen molar-refractivity contribution in [2.75, 3.05) is 0 Å². The molecule has 1 aliphatic carbocycles. The minimum atomic E-state index is 0.145. The fourth-order valence-electron chi connectivity index (χ4n) is 2.92. The van der Waals surface area contributed by atoms with Gasteiger partial charge in [-0.2, -0.15) is 0 Å². The molecular formula is C18H12ClNOS. The van der Waals surface area contributed by atoms with Crippen LogP contribution in [0.15, 0.2) is 54.9 Å². The third kappa shape index (κ3) is 2.27. The van der Waals surface area contributed by atoms with Crippen LogP contribution >= 0.6 is 22.9 Å². The quantitative estimate of drug-likeness (QED) is 0.649. The van der Waals surface area contributed by atoms with Gasteiger partial charge in [0.25, 0.3) is 0 Å². The maximum absolute atomic E-state index is 12.3. The lowest BCUT2D eigenvalue weighted by atomic mass is 9.94. The van der Waals surface area contributed by atoms with Gasteiger partial charge in [0.1, 0.15) is 0 Å². The minimum Gasteiger partial charge on any atom is -0.293 e. The van der Waals surface area contributed by atoms with E-state index in [4.69, 9.17) is 11.6 Å². The molecule has 0 amide bonds. The number of fused-ring (bicyclic) bond motifs is 1. The first kappa shape index (κ1) is 13.7. The van der Waals surface area contributed by atoms with Gasteiger partial charge in [0, 0.05) is 34.6 Å². The van der Waals surface area contributed by atoms with Crippen LogP contribution in [-0.4, -0.2) is 10.8 Å². The smallest absolute Gasteiger partial charge is 0.174 e. The number of nitrogens with zero attached hydrogens (tertiary/aromatic N) is 1. The zero-order valence-corrected chi connectivity index (χ0v) is 13.2. The summed E-state index contributed by atoms with van der Waals surface area (Å²) in [6.07, 6.45) is 4.11. The maximum Gasteiger partial charge on any atom is 0.174 e. The van der Waals surface area contributed by atoms with Crippen LogP contribution in [0, 0.1) is 0 Å². The highest BCUT2D eigenvalue weighted by molar-refractivity contribution is 7.17. The summed E-state index contributed by atoms with van der Waals surface area (Å²) in [5.74, 6) is 0.381. The zero-order valence-electron chi connectivity index (χ0n) is 11.6. The van der Waals surface area contributed by atoms with Crippen LogP contribution in [0.2, 0.25) is 5.02 Å². The summed E-state index contributed by atoms with van der Waals surface area (Å²) in [7, 11) is 0. The highest BCUT2D eigenvalue weighted by atomic mass is 35.5. The molecule has 4 heteroatoms. The molecule has 2 nitrogen and oxygen atoms in total. The normalized spacial score (nSPS) is 16.8. The van der Waals surface area contributed by atoms with E-state index in [1.807, 2.05) is 36.4 Å². The van der Waals surface area contributed by atoms with Crippen LogP contribution in [0.3, 0.4) is 0 Å². The van der Waals surface area contributed by atoms with Crippen molar-refractivity contribution in [3.8, 4) is 10.4 Å². The number of ketones is 1. The van der Waals surface area contributed by atoms with Gasteiger partial charge in [0.2, 0.25) is 0 Å². The predicted octanol–water partition coefficient (Wildman–Crippen LogP) is 5.18. The summed E-state index contributed by atoms with van der Waals surface area (Å²) < 4.78 is 0. The Morgan fingerprint density at radius 3 is 2.55 bits per heavy atom. The Balaban J connectivity index is 1.77. The first-order valence-electron chi connectivity index (χ1n) is 7.05. The number of carbonyl (C=O) groups excluding carboxylic acids is 1. The zero-order chi connectivity index (χ0) is 15.1. The second-order valence-corrected chi connectivity index (χ2v) is 6.85. The predicted molar refractivity (Wildman–Crippen MR) is 89.8 cm³/mol. The van der Waals surface area contributed by atoms with Crippen LogP contribution in [0.5, 0.6) is 0 Å². The maximum atomic E-state index is 12.3. The van der Waals surface area contributed by atoms with E-state index in [0.717, 1.165) is 31.5 Å². The number of thiophene rings is 1. The average Bonchev–Trinajstić information content (AvgIpc) is 3.10. The second kappa shape index (κ2) is 5.34. The van der Waals surface area contributed by atoms with Gasteiger partial charge in [-0.15, -0.1) is 11.3 Å². The SMILES string of the molecule is O=C1CC(c2ccc(Cl)cc2)c2cc(-c3ccncc3)sc21. The monoisotopic (exact) mass is 325 g/mol.